The van der Waals surface area contributed by atoms with Gasteiger partial charge in [0, 0.05) is 24.9 Å². The van der Waals surface area contributed by atoms with Gasteiger partial charge in [0.1, 0.15) is 6.10 Å². The van der Waals surface area contributed by atoms with Crippen LogP contribution in [0.2, 0.25) is 0 Å². The van der Waals surface area contributed by atoms with Crippen LogP contribution in [0, 0.1) is 11.8 Å². The second kappa shape index (κ2) is 5.33. The van der Waals surface area contributed by atoms with Gasteiger partial charge in [-0.25, -0.2) is 4.79 Å². The van der Waals surface area contributed by atoms with Gasteiger partial charge in [-0.2, -0.15) is 0 Å². The molecule has 102 valence electrons. The van der Waals surface area contributed by atoms with E-state index in [-0.39, 0.29) is 12.1 Å². The molecule has 1 saturated heterocycles. The number of benzene rings is 1. The van der Waals surface area contributed by atoms with E-state index in [1.165, 1.54) is 19.3 Å². The van der Waals surface area contributed by atoms with Gasteiger partial charge in [-0.15, -0.1) is 0 Å². The molecular formula is C16H21NO2. The Bertz CT molecular complexity index is 431. The molecule has 2 unspecified atom stereocenters. The SMILES string of the molecule is CN1CC2CCCC(C1)C2OC(=O)c1ccccc1. The summed E-state index contributed by atoms with van der Waals surface area (Å²) in [7, 11) is 2.17. The van der Waals surface area contributed by atoms with E-state index < -0.39 is 0 Å². The van der Waals surface area contributed by atoms with Gasteiger partial charge in [-0.1, -0.05) is 24.6 Å². The smallest absolute Gasteiger partial charge is 0.338 e. The van der Waals surface area contributed by atoms with E-state index in [1.54, 1.807) is 0 Å². The van der Waals surface area contributed by atoms with Crippen molar-refractivity contribution >= 4 is 5.97 Å². The average molecular weight is 259 g/mol. The van der Waals surface area contributed by atoms with Crippen molar-refractivity contribution in [1.29, 1.82) is 0 Å². The second-order valence-corrected chi connectivity index (χ2v) is 5.91. The van der Waals surface area contributed by atoms with Crippen molar-refractivity contribution in [1.82, 2.24) is 4.90 Å². The molecule has 3 nitrogen and oxygen atoms in total. The van der Waals surface area contributed by atoms with Crippen LogP contribution in [0.5, 0.6) is 0 Å². The lowest BCUT2D eigenvalue weighted by atomic mass is 9.75. The van der Waals surface area contributed by atoms with Gasteiger partial charge in [-0.05, 0) is 32.0 Å². The van der Waals surface area contributed by atoms with Crippen LogP contribution < -0.4 is 0 Å². The van der Waals surface area contributed by atoms with E-state index in [0.29, 0.717) is 17.4 Å². The largest absolute Gasteiger partial charge is 0.458 e. The highest BCUT2D eigenvalue weighted by atomic mass is 16.5. The van der Waals surface area contributed by atoms with Crippen LogP contribution in [0.3, 0.4) is 0 Å². The van der Waals surface area contributed by atoms with Crippen molar-refractivity contribution in [3.05, 3.63) is 35.9 Å². The van der Waals surface area contributed by atoms with Crippen molar-refractivity contribution in [3.63, 3.8) is 0 Å². The van der Waals surface area contributed by atoms with Gasteiger partial charge in [-0.3, -0.25) is 0 Å². The van der Waals surface area contributed by atoms with Gasteiger partial charge >= 0.3 is 5.97 Å². The number of nitrogens with zero attached hydrogens (tertiary/aromatic N) is 1. The number of likely N-dealkylation sites (tertiary alicyclic amines) is 1. The van der Waals surface area contributed by atoms with Crippen LogP contribution >= 0.6 is 0 Å². The number of hydrogen-bond acceptors (Lipinski definition) is 3. The van der Waals surface area contributed by atoms with E-state index >= 15 is 0 Å². The van der Waals surface area contributed by atoms with Crippen molar-refractivity contribution in [2.24, 2.45) is 11.8 Å². The molecule has 0 spiro atoms. The van der Waals surface area contributed by atoms with Gasteiger partial charge < -0.3 is 9.64 Å². The lowest BCUT2D eigenvalue weighted by molar-refractivity contribution is -0.0613. The second-order valence-electron chi connectivity index (χ2n) is 5.91. The maximum atomic E-state index is 12.2. The summed E-state index contributed by atoms with van der Waals surface area (Å²) in [5.74, 6) is 0.877. The number of esters is 1. The van der Waals surface area contributed by atoms with Gasteiger partial charge in [0.25, 0.3) is 0 Å². The Kier molecular flexibility index (Phi) is 3.56. The monoisotopic (exact) mass is 259 g/mol. The standard InChI is InChI=1S/C16H21NO2/c1-17-10-13-8-5-9-14(11-17)15(13)19-16(18)12-6-3-2-4-7-12/h2-4,6-7,13-15H,5,8-11H2,1H3. The first-order chi connectivity index (χ1) is 9.24. The summed E-state index contributed by atoms with van der Waals surface area (Å²) < 4.78 is 5.83. The van der Waals surface area contributed by atoms with Gasteiger partial charge in [0.15, 0.2) is 0 Å². The molecule has 0 aromatic heterocycles. The van der Waals surface area contributed by atoms with Crippen LogP contribution in [0.25, 0.3) is 0 Å². The Morgan fingerprint density at radius 3 is 2.42 bits per heavy atom. The van der Waals surface area contributed by atoms with Crippen molar-refractivity contribution < 1.29 is 9.53 Å². The third-order valence-corrected chi connectivity index (χ3v) is 4.42. The molecular weight excluding hydrogens is 238 g/mol. The highest BCUT2D eigenvalue weighted by Gasteiger charge is 2.40. The molecule has 2 bridgehead atoms. The highest BCUT2D eigenvalue weighted by molar-refractivity contribution is 5.89. The Morgan fingerprint density at radius 1 is 1.16 bits per heavy atom. The summed E-state index contributed by atoms with van der Waals surface area (Å²) in [6.07, 6.45) is 3.78. The first-order valence-electron chi connectivity index (χ1n) is 7.18. The summed E-state index contributed by atoms with van der Waals surface area (Å²) in [6, 6.07) is 9.33. The summed E-state index contributed by atoms with van der Waals surface area (Å²) >= 11 is 0. The fourth-order valence-electron chi connectivity index (χ4n) is 3.58. The Balaban J connectivity index is 1.71. The zero-order chi connectivity index (χ0) is 13.2. The minimum absolute atomic E-state index is 0.123. The fraction of sp³-hybridized carbons (Fsp3) is 0.562. The molecule has 3 heteroatoms. The molecule has 0 N–H and O–H groups in total. The molecule has 1 aromatic rings. The lowest BCUT2D eigenvalue weighted by Crippen LogP contribution is -2.51. The normalized spacial score (nSPS) is 30.9. The Hall–Kier alpha value is -1.35. The Labute approximate surface area is 114 Å². The molecule has 2 fully saturated rings. The summed E-state index contributed by atoms with van der Waals surface area (Å²) in [5, 5.41) is 0. The molecule has 2 aliphatic rings. The lowest BCUT2D eigenvalue weighted by Gasteiger charge is -2.45. The third-order valence-electron chi connectivity index (χ3n) is 4.42. The van der Waals surface area contributed by atoms with E-state index in [0.717, 1.165) is 13.1 Å². The van der Waals surface area contributed by atoms with Crippen molar-refractivity contribution in [2.75, 3.05) is 20.1 Å². The maximum Gasteiger partial charge on any atom is 0.338 e. The van der Waals surface area contributed by atoms with Crippen LogP contribution in [-0.2, 0) is 4.74 Å². The molecule has 1 aliphatic carbocycles. The summed E-state index contributed by atoms with van der Waals surface area (Å²) in [5.41, 5.74) is 0.666. The number of carbonyl (C=O) groups excluding carboxylic acids is 1. The predicted molar refractivity (Wildman–Crippen MR) is 74.0 cm³/mol. The molecule has 3 rings (SSSR count). The van der Waals surface area contributed by atoms with Crippen molar-refractivity contribution in [2.45, 2.75) is 25.4 Å². The number of ether oxygens (including phenoxy) is 1. The van der Waals surface area contributed by atoms with E-state index in [4.69, 9.17) is 4.74 Å². The van der Waals surface area contributed by atoms with Crippen LogP contribution in [0.15, 0.2) is 30.3 Å². The molecule has 0 amide bonds. The molecule has 0 radical (unpaired) electrons. The number of piperidine rings is 1. The van der Waals surface area contributed by atoms with Crippen molar-refractivity contribution in [3.8, 4) is 0 Å². The zero-order valence-corrected chi connectivity index (χ0v) is 11.4. The van der Waals surface area contributed by atoms with E-state index in [1.807, 2.05) is 30.3 Å². The predicted octanol–water partition coefficient (Wildman–Crippen LogP) is 2.57. The van der Waals surface area contributed by atoms with Gasteiger partial charge in [0.05, 0.1) is 5.56 Å². The quantitative estimate of drug-likeness (QED) is 0.765. The maximum absolute atomic E-state index is 12.2. The zero-order valence-electron chi connectivity index (χ0n) is 11.4. The molecule has 1 heterocycles. The topological polar surface area (TPSA) is 29.5 Å². The first-order valence-corrected chi connectivity index (χ1v) is 7.18. The third kappa shape index (κ3) is 2.66. The molecule has 1 aliphatic heterocycles. The number of carbonyl (C=O) groups is 1. The minimum Gasteiger partial charge on any atom is -0.458 e. The molecule has 2 atom stereocenters. The Morgan fingerprint density at radius 2 is 1.79 bits per heavy atom. The minimum atomic E-state index is -0.160. The number of hydrogen-bond donors (Lipinski definition) is 0. The first kappa shape index (κ1) is 12.7. The molecule has 1 aromatic carbocycles. The fourth-order valence-corrected chi connectivity index (χ4v) is 3.58. The summed E-state index contributed by atoms with van der Waals surface area (Å²) in [4.78, 5) is 14.6. The van der Waals surface area contributed by atoms with E-state index in [2.05, 4.69) is 11.9 Å². The van der Waals surface area contributed by atoms with Crippen LogP contribution in [-0.4, -0.2) is 37.1 Å². The van der Waals surface area contributed by atoms with E-state index in [9.17, 15) is 4.79 Å². The highest BCUT2D eigenvalue weighted by Crippen LogP contribution is 2.36. The van der Waals surface area contributed by atoms with Crippen LogP contribution in [0.1, 0.15) is 29.6 Å². The number of rotatable bonds is 2. The molecule has 19 heavy (non-hydrogen) atoms. The summed E-state index contributed by atoms with van der Waals surface area (Å²) in [6.45, 7) is 2.12. The average Bonchev–Trinajstić information content (AvgIpc) is 2.41. The molecule has 1 saturated carbocycles. The number of fused-ring (bicyclic) bond motifs is 2. The van der Waals surface area contributed by atoms with Crippen LogP contribution in [0.4, 0.5) is 0 Å². The van der Waals surface area contributed by atoms with Gasteiger partial charge in [0.2, 0.25) is 0 Å².